The van der Waals surface area contributed by atoms with Gasteiger partial charge in [-0.2, -0.15) is 0 Å². The normalized spacial score (nSPS) is 8.73. The van der Waals surface area contributed by atoms with Crippen LogP contribution in [-0.2, 0) is 19.2 Å². The summed E-state index contributed by atoms with van der Waals surface area (Å²) in [5.74, 6) is -4.73. The second-order valence-corrected chi connectivity index (χ2v) is 1.75. The largest absolute Gasteiger partial charge is 0.363 e. The van der Waals surface area contributed by atoms with E-state index in [1.54, 1.807) is 0 Å². The molecule has 4 N–H and O–H groups in total. The van der Waals surface area contributed by atoms with Gasteiger partial charge >= 0.3 is 0 Å². The first-order valence-electron chi connectivity index (χ1n) is 2.60. The molecule has 0 rings (SSSR count). The molecule has 0 bridgehead atoms. The molecule has 0 aromatic rings. The van der Waals surface area contributed by atoms with E-state index in [-0.39, 0.29) is 0 Å². The van der Waals surface area contributed by atoms with Crippen molar-refractivity contribution < 1.29 is 19.2 Å². The molecule has 0 saturated carbocycles. The maximum atomic E-state index is 10.4. The van der Waals surface area contributed by atoms with Gasteiger partial charge in [0, 0.05) is 0 Å². The molecule has 0 aromatic heterocycles. The fourth-order valence-corrected chi connectivity index (χ4v) is 0.320. The van der Waals surface area contributed by atoms with Crippen molar-refractivity contribution in [2.75, 3.05) is 0 Å². The molecule has 60 valence electrons. The lowest BCUT2D eigenvalue weighted by Gasteiger charge is -1.90. The standard InChI is InChI=1S/C5H6N2O4/c6-4(10)2(8)1-3(9)5(7)11/h1H2,(H2,6,10)(H2,7,11). The van der Waals surface area contributed by atoms with Crippen molar-refractivity contribution in [3.8, 4) is 0 Å². The maximum absolute atomic E-state index is 10.4. The van der Waals surface area contributed by atoms with E-state index in [4.69, 9.17) is 0 Å². The molecule has 0 saturated heterocycles. The minimum absolute atomic E-state index is 0.843. The van der Waals surface area contributed by atoms with Crippen molar-refractivity contribution in [1.82, 2.24) is 0 Å². The predicted molar refractivity (Wildman–Crippen MR) is 33.0 cm³/mol. The zero-order valence-electron chi connectivity index (χ0n) is 5.49. The highest BCUT2D eigenvalue weighted by atomic mass is 16.2. The molecular weight excluding hydrogens is 152 g/mol. The maximum Gasteiger partial charge on any atom is 0.285 e. The SMILES string of the molecule is NC(=O)C(=O)CC(=O)C(N)=O. The molecule has 0 spiro atoms. The van der Waals surface area contributed by atoms with Crippen LogP contribution in [0.2, 0.25) is 0 Å². The van der Waals surface area contributed by atoms with Gasteiger partial charge in [-0.25, -0.2) is 0 Å². The van der Waals surface area contributed by atoms with Crippen LogP contribution in [0.1, 0.15) is 6.42 Å². The number of primary amides is 2. The van der Waals surface area contributed by atoms with E-state index >= 15 is 0 Å². The lowest BCUT2D eigenvalue weighted by molar-refractivity contribution is -0.141. The van der Waals surface area contributed by atoms with Crippen molar-refractivity contribution in [3.63, 3.8) is 0 Å². The molecule has 0 heterocycles. The van der Waals surface area contributed by atoms with Gasteiger partial charge in [-0.3, -0.25) is 19.2 Å². The predicted octanol–water partition coefficient (Wildman–Crippen LogP) is -2.51. The molecule has 0 fully saturated rings. The monoisotopic (exact) mass is 158 g/mol. The fraction of sp³-hybridized carbons (Fsp3) is 0.200. The Morgan fingerprint density at radius 1 is 0.818 bits per heavy atom. The molecular formula is C5H6N2O4. The van der Waals surface area contributed by atoms with Gasteiger partial charge in [0.1, 0.15) is 0 Å². The molecule has 11 heavy (non-hydrogen) atoms. The van der Waals surface area contributed by atoms with Crippen molar-refractivity contribution in [1.29, 1.82) is 0 Å². The van der Waals surface area contributed by atoms with Crippen molar-refractivity contribution >= 4 is 23.4 Å². The van der Waals surface area contributed by atoms with Gasteiger partial charge in [-0.15, -0.1) is 0 Å². The minimum Gasteiger partial charge on any atom is -0.363 e. The molecule has 0 radical (unpaired) electrons. The number of rotatable bonds is 4. The summed E-state index contributed by atoms with van der Waals surface area (Å²) in [5.41, 5.74) is 8.98. The van der Waals surface area contributed by atoms with E-state index < -0.39 is 29.8 Å². The second-order valence-electron chi connectivity index (χ2n) is 1.75. The summed E-state index contributed by atoms with van der Waals surface area (Å²) in [5, 5.41) is 0. The lowest BCUT2D eigenvalue weighted by Crippen LogP contribution is -2.31. The van der Waals surface area contributed by atoms with Crippen molar-refractivity contribution in [3.05, 3.63) is 0 Å². The Morgan fingerprint density at radius 2 is 1.09 bits per heavy atom. The lowest BCUT2D eigenvalue weighted by atomic mass is 10.2. The average Bonchev–Trinajstić information content (AvgIpc) is 1.87. The van der Waals surface area contributed by atoms with Gasteiger partial charge in [-0.1, -0.05) is 0 Å². The third-order valence-electron chi connectivity index (χ3n) is 0.871. The minimum atomic E-state index is -1.25. The Kier molecular flexibility index (Phi) is 2.91. The zero-order valence-corrected chi connectivity index (χ0v) is 5.49. The topological polar surface area (TPSA) is 120 Å². The van der Waals surface area contributed by atoms with Gasteiger partial charge in [0.05, 0.1) is 6.42 Å². The van der Waals surface area contributed by atoms with E-state index in [1.165, 1.54) is 0 Å². The molecule has 6 nitrogen and oxygen atoms in total. The van der Waals surface area contributed by atoms with Crippen LogP contribution < -0.4 is 11.5 Å². The summed E-state index contributed by atoms with van der Waals surface area (Å²) in [7, 11) is 0. The third-order valence-corrected chi connectivity index (χ3v) is 0.871. The highest BCUT2D eigenvalue weighted by Crippen LogP contribution is 1.83. The van der Waals surface area contributed by atoms with Crippen LogP contribution in [0.4, 0.5) is 0 Å². The van der Waals surface area contributed by atoms with E-state index in [0.717, 1.165) is 0 Å². The number of hydrogen-bond acceptors (Lipinski definition) is 4. The van der Waals surface area contributed by atoms with Crippen LogP contribution in [0, 0.1) is 0 Å². The Hall–Kier alpha value is -1.72. The molecule has 0 aromatic carbocycles. The summed E-state index contributed by atoms with van der Waals surface area (Å²) in [6, 6.07) is 0. The van der Waals surface area contributed by atoms with E-state index in [1.807, 2.05) is 0 Å². The highest BCUT2D eigenvalue weighted by molar-refractivity contribution is 6.47. The average molecular weight is 158 g/mol. The fourth-order valence-electron chi connectivity index (χ4n) is 0.320. The molecule has 0 atom stereocenters. The van der Waals surface area contributed by atoms with Crippen LogP contribution in [0.5, 0.6) is 0 Å². The molecule has 6 heteroatoms. The molecule has 0 aliphatic rings. The first-order chi connectivity index (χ1) is 4.95. The van der Waals surface area contributed by atoms with Gasteiger partial charge in [0.25, 0.3) is 11.8 Å². The first-order valence-corrected chi connectivity index (χ1v) is 2.60. The van der Waals surface area contributed by atoms with Crippen LogP contribution in [0.25, 0.3) is 0 Å². The quantitative estimate of drug-likeness (QED) is 0.346. The number of amides is 2. The number of hydrogen-bond donors (Lipinski definition) is 2. The Morgan fingerprint density at radius 3 is 1.27 bits per heavy atom. The number of ketones is 2. The summed E-state index contributed by atoms with van der Waals surface area (Å²) in [6.45, 7) is 0. The Labute approximate surface area is 61.5 Å². The van der Waals surface area contributed by atoms with Crippen LogP contribution >= 0.6 is 0 Å². The zero-order chi connectivity index (χ0) is 9.02. The van der Waals surface area contributed by atoms with Crippen LogP contribution in [-0.4, -0.2) is 23.4 Å². The van der Waals surface area contributed by atoms with Crippen molar-refractivity contribution in [2.24, 2.45) is 11.5 Å². The smallest absolute Gasteiger partial charge is 0.285 e. The highest BCUT2D eigenvalue weighted by Gasteiger charge is 2.17. The summed E-state index contributed by atoms with van der Waals surface area (Å²) in [4.78, 5) is 40.8. The third kappa shape index (κ3) is 3.09. The van der Waals surface area contributed by atoms with Gasteiger partial charge in [0.2, 0.25) is 11.6 Å². The van der Waals surface area contributed by atoms with Crippen LogP contribution in [0.15, 0.2) is 0 Å². The van der Waals surface area contributed by atoms with E-state index in [0.29, 0.717) is 0 Å². The Balaban J connectivity index is 4.07. The Bertz CT molecular complexity index is 209. The summed E-state index contributed by atoms with van der Waals surface area (Å²) in [6.07, 6.45) is -0.843. The number of carbonyl (C=O) groups excluding carboxylic acids is 4. The molecule has 2 amide bonds. The first kappa shape index (κ1) is 9.28. The molecule has 0 aliphatic heterocycles. The summed E-state index contributed by atoms with van der Waals surface area (Å²) < 4.78 is 0. The number of Topliss-reactive ketones (excluding diaryl/α,β-unsaturated/α-hetero) is 2. The van der Waals surface area contributed by atoms with Crippen LogP contribution in [0.3, 0.4) is 0 Å². The van der Waals surface area contributed by atoms with E-state index in [2.05, 4.69) is 11.5 Å². The van der Waals surface area contributed by atoms with E-state index in [9.17, 15) is 19.2 Å². The van der Waals surface area contributed by atoms with Gasteiger partial charge in [0.15, 0.2) is 0 Å². The van der Waals surface area contributed by atoms with Crippen molar-refractivity contribution in [2.45, 2.75) is 6.42 Å². The molecule has 0 unspecified atom stereocenters. The second kappa shape index (κ2) is 3.45. The number of carbonyl (C=O) groups is 4. The van der Waals surface area contributed by atoms with Gasteiger partial charge in [-0.05, 0) is 0 Å². The summed E-state index contributed by atoms with van der Waals surface area (Å²) >= 11 is 0. The number of nitrogens with two attached hydrogens (primary N) is 2. The molecule has 0 aliphatic carbocycles. The van der Waals surface area contributed by atoms with Gasteiger partial charge < -0.3 is 11.5 Å².